The number of fused-ring (bicyclic) bond motifs is 8. The zero-order valence-electron chi connectivity index (χ0n) is 29.3. The maximum atomic E-state index is 15.0. The number of alkyl halides is 2. The number of hydrogen-bond acceptors (Lipinski definition) is 6. The zero-order chi connectivity index (χ0) is 36.2. The summed E-state index contributed by atoms with van der Waals surface area (Å²) < 4.78 is 11.4. The van der Waals surface area contributed by atoms with Crippen LogP contribution in [0.2, 0.25) is 0 Å². The second kappa shape index (κ2) is 10.7. The van der Waals surface area contributed by atoms with Gasteiger partial charge in [0.05, 0.1) is 22.2 Å². The minimum absolute atomic E-state index is 0.0555. The molecule has 6 atom stereocenters. The summed E-state index contributed by atoms with van der Waals surface area (Å²) in [6, 6.07) is 19.3. The highest BCUT2D eigenvalue weighted by Crippen LogP contribution is 2.97. The van der Waals surface area contributed by atoms with Crippen molar-refractivity contribution in [1.29, 1.82) is 0 Å². The standard InChI is InChI=1S/C42H38Cl2N2O6/c1-19-34-36-38-37(41(36,4)39(49)45-17-22(15-43)32-26-11-7-5-9-24(26)30(13-28(32)45)51-20(2)47)35(19)42(34,38)40(50)46-18-23(16-44)33-27-12-8-6-10-25(27)31(14-29(33)46)52-21(3)48/h5-14,19,22-23,34-38H,15-18H2,1-4H3. The summed E-state index contributed by atoms with van der Waals surface area (Å²) in [6.07, 6.45) is 0. The highest BCUT2D eigenvalue weighted by Gasteiger charge is 2.99. The summed E-state index contributed by atoms with van der Waals surface area (Å²) in [4.78, 5) is 58.1. The minimum atomic E-state index is -0.611. The molecule has 8 nitrogen and oxygen atoms in total. The van der Waals surface area contributed by atoms with Crippen molar-refractivity contribution in [1.82, 2.24) is 0 Å². The van der Waals surface area contributed by atoms with Crippen molar-refractivity contribution in [2.75, 3.05) is 34.6 Å². The molecule has 10 rings (SSSR count). The fourth-order valence-electron chi connectivity index (χ4n) is 12.7. The number of nitrogens with zero attached hydrogens (tertiary/aromatic N) is 2. The number of ether oxygens (including phenoxy) is 2. The minimum Gasteiger partial charge on any atom is -0.426 e. The number of esters is 2. The maximum Gasteiger partial charge on any atom is 0.308 e. The van der Waals surface area contributed by atoms with E-state index in [-0.39, 0.29) is 53.2 Å². The van der Waals surface area contributed by atoms with Gasteiger partial charge in [-0.2, -0.15) is 0 Å². The first kappa shape index (κ1) is 32.5. The topological polar surface area (TPSA) is 93.2 Å². The molecule has 4 saturated carbocycles. The molecule has 4 aliphatic carbocycles. The third kappa shape index (κ3) is 3.61. The van der Waals surface area contributed by atoms with Gasteiger partial charge in [-0.15, -0.1) is 23.2 Å². The summed E-state index contributed by atoms with van der Waals surface area (Å²) >= 11 is 13.2. The van der Waals surface area contributed by atoms with Crippen molar-refractivity contribution in [3.63, 3.8) is 0 Å². The molecule has 2 heterocycles. The van der Waals surface area contributed by atoms with Crippen LogP contribution in [0.15, 0.2) is 60.7 Å². The monoisotopic (exact) mass is 736 g/mol. The van der Waals surface area contributed by atoms with E-state index in [2.05, 4.69) is 13.8 Å². The Morgan fingerprint density at radius 1 is 0.673 bits per heavy atom. The molecular weight excluding hydrogens is 699 g/mol. The van der Waals surface area contributed by atoms with E-state index in [1.807, 2.05) is 70.5 Å². The zero-order valence-corrected chi connectivity index (χ0v) is 30.8. The summed E-state index contributed by atoms with van der Waals surface area (Å²) in [5, 5.41) is 3.52. The largest absolute Gasteiger partial charge is 0.426 e. The molecule has 266 valence electrons. The number of rotatable bonds is 6. The van der Waals surface area contributed by atoms with Crippen LogP contribution in [0.4, 0.5) is 11.4 Å². The highest BCUT2D eigenvalue weighted by atomic mass is 35.5. The first-order valence-electron chi connectivity index (χ1n) is 18.2. The lowest BCUT2D eigenvalue weighted by Gasteiger charge is -2.97. The fourth-order valence-corrected chi connectivity index (χ4v) is 13.2. The molecule has 0 radical (unpaired) electrons. The average Bonchev–Trinajstić information content (AvgIpc) is 3.69. The Hall–Kier alpha value is -4.14. The van der Waals surface area contributed by atoms with Gasteiger partial charge in [-0.25, -0.2) is 0 Å². The summed E-state index contributed by atoms with van der Waals surface area (Å²) in [7, 11) is 0. The molecule has 6 aliphatic rings. The normalized spacial score (nSPS) is 34.0. The molecule has 4 aromatic carbocycles. The van der Waals surface area contributed by atoms with Crippen LogP contribution >= 0.6 is 23.2 Å². The Morgan fingerprint density at radius 2 is 1.10 bits per heavy atom. The molecule has 6 unspecified atom stereocenters. The van der Waals surface area contributed by atoms with E-state index in [0.717, 1.165) is 44.0 Å². The first-order chi connectivity index (χ1) is 25.0. The van der Waals surface area contributed by atoms with Gasteiger partial charge in [0.25, 0.3) is 0 Å². The maximum absolute atomic E-state index is 15.0. The van der Waals surface area contributed by atoms with Crippen LogP contribution in [-0.2, 0) is 19.2 Å². The van der Waals surface area contributed by atoms with Crippen LogP contribution in [0.5, 0.6) is 11.5 Å². The molecule has 4 fully saturated rings. The first-order valence-corrected chi connectivity index (χ1v) is 19.3. The molecule has 10 heteroatoms. The van der Waals surface area contributed by atoms with Crippen molar-refractivity contribution in [3.05, 3.63) is 71.8 Å². The highest BCUT2D eigenvalue weighted by molar-refractivity contribution is 6.20. The van der Waals surface area contributed by atoms with Crippen LogP contribution in [0.1, 0.15) is 50.7 Å². The number of carbonyl (C=O) groups excluding carboxylic acids is 4. The van der Waals surface area contributed by atoms with Crippen LogP contribution in [0.3, 0.4) is 0 Å². The molecule has 4 aromatic rings. The van der Waals surface area contributed by atoms with Crippen molar-refractivity contribution in [2.45, 2.75) is 39.5 Å². The molecule has 0 aromatic heterocycles. The summed E-state index contributed by atoms with van der Waals surface area (Å²) in [6.45, 7) is 8.07. The van der Waals surface area contributed by atoms with Gasteiger partial charge in [0.15, 0.2) is 0 Å². The Labute approximate surface area is 311 Å². The molecule has 52 heavy (non-hydrogen) atoms. The van der Waals surface area contributed by atoms with E-state index in [1.54, 1.807) is 0 Å². The van der Waals surface area contributed by atoms with E-state index in [0.29, 0.717) is 42.3 Å². The molecule has 0 saturated heterocycles. The SMILES string of the molecule is CC(=O)Oc1cc2c(c3ccccc13)C(CCl)CN2C(=O)C1(C)C2C3C(C)C4C1C2C34C(=O)N1CC(CCl)c2c1cc(OC(C)=O)c1ccccc21. The number of hydrogen-bond donors (Lipinski definition) is 0. The lowest BCUT2D eigenvalue weighted by Crippen LogP contribution is -2.99. The van der Waals surface area contributed by atoms with Crippen LogP contribution in [-0.4, -0.2) is 48.6 Å². The molecular formula is C42H38Cl2N2O6. The van der Waals surface area contributed by atoms with E-state index >= 15 is 4.79 Å². The van der Waals surface area contributed by atoms with Gasteiger partial charge >= 0.3 is 11.9 Å². The lowest BCUT2D eigenvalue weighted by molar-refractivity contribution is -0.489. The predicted molar refractivity (Wildman–Crippen MR) is 199 cm³/mol. The molecule has 0 bridgehead atoms. The summed E-state index contributed by atoms with van der Waals surface area (Å²) in [5.41, 5.74) is 2.47. The van der Waals surface area contributed by atoms with Crippen molar-refractivity contribution in [3.8, 4) is 11.5 Å². The second-order valence-electron chi connectivity index (χ2n) is 16.1. The quantitative estimate of drug-likeness (QED) is 0.115. The van der Waals surface area contributed by atoms with E-state index in [1.165, 1.54) is 13.8 Å². The van der Waals surface area contributed by atoms with E-state index in [4.69, 9.17) is 32.7 Å². The van der Waals surface area contributed by atoms with Gasteiger partial charge in [0.1, 0.15) is 11.5 Å². The van der Waals surface area contributed by atoms with Crippen molar-refractivity contribution >= 4 is 79.9 Å². The van der Waals surface area contributed by atoms with Gasteiger partial charge in [-0.05, 0) is 57.4 Å². The molecule has 0 N–H and O–H groups in total. The fraction of sp³-hybridized carbons (Fsp3) is 0.429. The Kier molecular flexibility index (Phi) is 6.70. The lowest BCUT2D eigenvalue weighted by atomic mass is 9.05. The third-order valence-electron chi connectivity index (χ3n) is 14.2. The molecule has 2 aliphatic heterocycles. The number of anilines is 2. The van der Waals surface area contributed by atoms with Gasteiger partial charge in [-0.3, -0.25) is 19.2 Å². The summed E-state index contributed by atoms with van der Waals surface area (Å²) in [5.74, 6) is 1.71. The number of amides is 2. The van der Waals surface area contributed by atoms with E-state index < -0.39 is 22.8 Å². The number of benzene rings is 4. The second-order valence-corrected chi connectivity index (χ2v) is 16.7. The Bertz CT molecular complexity index is 2160. The Morgan fingerprint density at radius 3 is 1.52 bits per heavy atom. The van der Waals surface area contributed by atoms with Crippen LogP contribution in [0.25, 0.3) is 21.5 Å². The van der Waals surface area contributed by atoms with Gasteiger partial charge in [-0.1, -0.05) is 62.4 Å². The molecule has 2 amide bonds. The molecule has 0 spiro atoms. The number of carbonyl (C=O) groups is 4. The van der Waals surface area contributed by atoms with Crippen molar-refractivity contribution < 1.29 is 28.7 Å². The van der Waals surface area contributed by atoms with Crippen molar-refractivity contribution in [2.24, 2.45) is 46.3 Å². The average molecular weight is 738 g/mol. The smallest absolute Gasteiger partial charge is 0.308 e. The van der Waals surface area contributed by atoms with E-state index in [9.17, 15) is 14.4 Å². The third-order valence-corrected chi connectivity index (χ3v) is 14.9. The predicted octanol–water partition coefficient (Wildman–Crippen LogP) is 7.65. The Balaban J connectivity index is 0.996. The van der Waals surface area contributed by atoms with Gasteiger partial charge in [0.2, 0.25) is 11.8 Å². The van der Waals surface area contributed by atoms with Gasteiger partial charge < -0.3 is 19.3 Å². The van der Waals surface area contributed by atoms with Crippen LogP contribution in [0, 0.1) is 46.3 Å². The van der Waals surface area contributed by atoms with Gasteiger partial charge in [0, 0.05) is 73.4 Å². The van der Waals surface area contributed by atoms with Crippen LogP contribution < -0.4 is 19.3 Å². The number of halogens is 2.